The van der Waals surface area contributed by atoms with Gasteiger partial charge in [-0.3, -0.25) is 4.68 Å². The molecule has 0 bridgehead atoms. The first-order valence-electron chi connectivity index (χ1n) is 7.11. The lowest BCUT2D eigenvalue weighted by molar-refractivity contribution is -0.0688. The first-order valence-corrected chi connectivity index (χ1v) is 7.11. The number of aromatic carboxylic acids is 1. The third kappa shape index (κ3) is 2.66. The van der Waals surface area contributed by atoms with Crippen molar-refractivity contribution >= 4 is 5.97 Å². The number of carboxylic acid groups (broad SMARTS) is 1. The van der Waals surface area contributed by atoms with E-state index in [4.69, 9.17) is 9.84 Å². The van der Waals surface area contributed by atoms with Crippen LogP contribution >= 0.6 is 0 Å². The third-order valence-corrected chi connectivity index (χ3v) is 4.35. The monoisotopic (exact) mass is 264 g/mol. The summed E-state index contributed by atoms with van der Waals surface area (Å²) in [5.74, 6) is -0.977. The number of ether oxygens (including phenoxy) is 1. The second-order valence-corrected chi connectivity index (χ2v) is 5.75. The number of carboxylic acids is 1. The lowest BCUT2D eigenvalue weighted by Gasteiger charge is -2.33. The molecule has 1 atom stereocenters. The molecule has 1 saturated carbocycles. The Balaban J connectivity index is 1.60. The molecule has 1 aliphatic heterocycles. The van der Waals surface area contributed by atoms with Gasteiger partial charge in [0.05, 0.1) is 18.2 Å². The summed E-state index contributed by atoms with van der Waals surface area (Å²) < 4.78 is 7.95. The maximum atomic E-state index is 10.8. The van der Waals surface area contributed by atoms with E-state index in [0.717, 1.165) is 12.8 Å². The normalized spacial score (nSPS) is 25.8. The maximum absolute atomic E-state index is 10.8. The Bertz CT molecular complexity index is 463. The number of nitrogens with zero attached hydrogens (tertiary/aromatic N) is 2. The molecule has 1 aliphatic carbocycles. The van der Waals surface area contributed by atoms with Crippen molar-refractivity contribution < 1.29 is 14.6 Å². The van der Waals surface area contributed by atoms with Gasteiger partial charge in [0.1, 0.15) is 0 Å². The Morgan fingerprint density at radius 3 is 2.89 bits per heavy atom. The molecule has 1 aromatic rings. The van der Waals surface area contributed by atoms with Gasteiger partial charge in [0.15, 0.2) is 5.69 Å². The average molecular weight is 264 g/mol. The van der Waals surface area contributed by atoms with Crippen LogP contribution in [0, 0.1) is 0 Å². The van der Waals surface area contributed by atoms with Crippen LogP contribution in [0.25, 0.3) is 0 Å². The van der Waals surface area contributed by atoms with Gasteiger partial charge in [0, 0.05) is 6.20 Å². The molecular weight excluding hydrogens is 244 g/mol. The molecule has 104 valence electrons. The number of carbonyl (C=O) groups is 1. The fourth-order valence-corrected chi connectivity index (χ4v) is 3.37. The van der Waals surface area contributed by atoms with Crippen molar-refractivity contribution in [2.45, 2.75) is 63.2 Å². The topological polar surface area (TPSA) is 64.3 Å². The van der Waals surface area contributed by atoms with E-state index in [1.165, 1.54) is 38.2 Å². The van der Waals surface area contributed by atoms with Crippen molar-refractivity contribution in [1.29, 1.82) is 0 Å². The fraction of sp³-hybridized carbons (Fsp3) is 0.714. The Labute approximate surface area is 112 Å². The first-order chi connectivity index (χ1) is 9.17. The van der Waals surface area contributed by atoms with Crippen LogP contribution in [-0.2, 0) is 11.3 Å². The minimum atomic E-state index is -0.977. The highest BCUT2D eigenvalue weighted by atomic mass is 16.5. The molecule has 2 aliphatic rings. The molecule has 2 heterocycles. The zero-order valence-corrected chi connectivity index (χ0v) is 11.0. The molecule has 5 heteroatoms. The van der Waals surface area contributed by atoms with Crippen LogP contribution in [0.3, 0.4) is 0 Å². The van der Waals surface area contributed by atoms with Gasteiger partial charge in [0.25, 0.3) is 0 Å². The largest absolute Gasteiger partial charge is 0.476 e. The molecule has 0 amide bonds. The van der Waals surface area contributed by atoms with Crippen LogP contribution in [-0.4, -0.2) is 32.6 Å². The molecule has 5 nitrogen and oxygen atoms in total. The van der Waals surface area contributed by atoms with E-state index in [0.29, 0.717) is 6.54 Å². The highest BCUT2D eigenvalue weighted by Gasteiger charge is 2.40. The molecule has 1 saturated heterocycles. The molecule has 0 aromatic carbocycles. The molecule has 1 N–H and O–H groups in total. The van der Waals surface area contributed by atoms with Crippen molar-refractivity contribution in [3.8, 4) is 0 Å². The number of rotatable bonds is 3. The summed E-state index contributed by atoms with van der Waals surface area (Å²) in [7, 11) is 0. The van der Waals surface area contributed by atoms with E-state index in [9.17, 15) is 4.79 Å². The minimum Gasteiger partial charge on any atom is -0.476 e. The summed E-state index contributed by atoms with van der Waals surface area (Å²) in [6.45, 7) is 0.662. The van der Waals surface area contributed by atoms with Crippen molar-refractivity contribution in [3.63, 3.8) is 0 Å². The van der Waals surface area contributed by atoms with Crippen molar-refractivity contribution in [1.82, 2.24) is 9.78 Å². The lowest BCUT2D eigenvalue weighted by Crippen LogP contribution is -2.32. The number of hydrogen-bond acceptors (Lipinski definition) is 3. The van der Waals surface area contributed by atoms with Gasteiger partial charge in [-0.2, -0.15) is 5.10 Å². The summed E-state index contributed by atoms with van der Waals surface area (Å²) >= 11 is 0. The highest BCUT2D eigenvalue weighted by Crippen LogP contribution is 2.42. The van der Waals surface area contributed by atoms with Crippen molar-refractivity contribution in [2.75, 3.05) is 0 Å². The summed E-state index contributed by atoms with van der Waals surface area (Å²) in [6.07, 6.45) is 10.4. The summed E-state index contributed by atoms with van der Waals surface area (Å²) in [5.41, 5.74) is 0.219. The molecule has 19 heavy (non-hydrogen) atoms. The molecular formula is C14H20N2O3. The summed E-state index contributed by atoms with van der Waals surface area (Å²) in [6, 6.07) is 1.54. The molecule has 1 spiro atoms. The molecule has 3 rings (SSSR count). The van der Waals surface area contributed by atoms with Crippen molar-refractivity contribution in [3.05, 3.63) is 18.0 Å². The Kier molecular flexibility index (Phi) is 3.31. The minimum absolute atomic E-state index is 0.102. The van der Waals surface area contributed by atoms with Crippen LogP contribution in [0.2, 0.25) is 0 Å². The summed E-state index contributed by atoms with van der Waals surface area (Å²) in [5, 5.41) is 12.9. The first kappa shape index (κ1) is 12.7. The Morgan fingerprint density at radius 1 is 1.42 bits per heavy atom. The molecule has 1 aromatic heterocycles. The van der Waals surface area contributed by atoms with Gasteiger partial charge in [-0.15, -0.1) is 0 Å². The Hall–Kier alpha value is -1.36. The standard InChI is InChI=1S/C14H20N2O3/c17-13(18)12-5-9-16(15-12)10-11-4-8-14(19-11)6-2-1-3-7-14/h5,9,11H,1-4,6-8,10H2,(H,17,18). The zero-order chi connectivity index (χ0) is 13.3. The van der Waals surface area contributed by atoms with Crippen LogP contribution in [0.15, 0.2) is 12.3 Å². The zero-order valence-electron chi connectivity index (χ0n) is 11.0. The quantitative estimate of drug-likeness (QED) is 0.910. The third-order valence-electron chi connectivity index (χ3n) is 4.35. The maximum Gasteiger partial charge on any atom is 0.356 e. The van der Waals surface area contributed by atoms with E-state index in [1.807, 2.05) is 0 Å². The smallest absolute Gasteiger partial charge is 0.356 e. The molecule has 2 fully saturated rings. The number of aromatic nitrogens is 2. The van der Waals surface area contributed by atoms with Gasteiger partial charge < -0.3 is 9.84 Å². The lowest BCUT2D eigenvalue weighted by atomic mass is 9.83. The van der Waals surface area contributed by atoms with E-state index in [-0.39, 0.29) is 17.4 Å². The predicted molar refractivity (Wildman–Crippen MR) is 69.1 cm³/mol. The number of hydrogen-bond donors (Lipinski definition) is 1. The van der Waals surface area contributed by atoms with Crippen molar-refractivity contribution in [2.24, 2.45) is 0 Å². The summed E-state index contributed by atoms with van der Waals surface area (Å²) in [4.78, 5) is 10.8. The molecule has 1 unspecified atom stereocenters. The van der Waals surface area contributed by atoms with Crippen LogP contribution in [0.5, 0.6) is 0 Å². The van der Waals surface area contributed by atoms with E-state index < -0.39 is 5.97 Å². The van der Waals surface area contributed by atoms with Crippen LogP contribution in [0.4, 0.5) is 0 Å². The Morgan fingerprint density at radius 2 is 2.21 bits per heavy atom. The fourth-order valence-electron chi connectivity index (χ4n) is 3.37. The van der Waals surface area contributed by atoms with E-state index >= 15 is 0 Å². The SMILES string of the molecule is O=C(O)c1ccn(CC2CCC3(CCCCC3)O2)n1. The van der Waals surface area contributed by atoms with Gasteiger partial charge in [-0.05, 0) is 31.7 Å². The van der Waals surface area contributed by atoms with Crippen LogP contribution < -0.4 is 0 Å². The predicted octanol–water partition coefficient (Wildman–Crippen LogP) is 2.46. The van der Waals surface area contributed by atoms with Gasteiger partial charge in [0.2, 0.25) is 0 Å². The van der Waals surface area contributed by atoms with Gasteiger partial charge in [-0.1, -0.05) is 19.3 Å². The molecule has 0 radical (unpaired) electrons. The van der Waals surface area contributed by atoms with Gasteiger partial charge >= 0.3 is 5.97 Å². The second kappa shape index (κ2) is 4.96. The second-order valence-electron chi connectivity index (χ2n) is 5.75. The highest BCUT2D eigenvalue weighted by molar-refractivity contribution is 5.84. The van der Waals surface area contributed by atoms with Gasteiger partial charge in [-0.25, -0.2) is 4.79 Å². The van der Waals surface area contributed by atoms with E-state index in [1.54, 1.807) is 10.9 Å². The average Bonchev–Trinajstić information content (AvgIpc) is 2.99. The van der Waals surface area contributed by atoms with Crippen LogP contribution in [0.1, 0.15) is 55.4 Å². The van der Waals surface area contributed by atoms with E-state index in [2.05, 4.69) is 5.10 Å².